The number of nitrogens with zero attached hydrogens (tertiary/aromatic N) is 1. The Balaban J connectivity index is 5.00. The molecule has 0 spiro atoms. The van der Waals surface area contributed by atoms with Crippen LogP contribution in [-0.2, 0) is 14.0 Å². The highest BCUT2D eigenvalue weighted by Gasteiger charge is 2.41. The zero-order valence-corrected chi connectivity index (χ0v) is 16.3. The van der Waals surface area contributed by atoms with Crippen LogP contribution in [0.1, 0.15) is 47.5 Å². The number of amides is 1. The lowest BCUT2D eigenvalue weighted by atomic mass is 10.0. The molecule has 0 aliphatic heterocycles. The largest absolute Gasteiger partial charge is 0.413 e. The van der Waals surface area contributed by atoms with Gasteiger partial charge in [-0.2, -0.15) is 5.26 Å². The number of hydrogen-bond acceptors (Lipinski definition) is 4. The maximum absolute atomic E-state index is 11.8. The van der Waals surface area contributed by atoms with E-state index in [1.54, 1.807) is 0 Å². The Bertz CT molecular complexity index is 399. The summed E-state index contributed by atoms with van der Waals surface area (Å²) in [6.07, 6.45) is 0.229. The molecule has 0 aliphatic rings. The maximum Gasteiger partial charge on any atom is 0.222 e. The van der Waals surface area contributed by atoms with Gasteiger partial charge in [0.25, 0.3) is 0 Å². The Labute approximate surface area is 136 Å². The molecule has 0 radical (unpaired) electrons. The molecule has 5 nitrogen and oxygen atoms in total. The Kier molecular flexibility index (Phi) is 8.30. The number of carbonyl (C=O) groups is 1. The average molecular weight is 329 g/mol. The first kappa shape index (κ1) is 21.1. The third-order valence-electron chi connectivity index (χ3n) is 4.30. The summed E-state index contributed by atoms with van der Waals surface area (Å²) >= 11 is 0. The number of methoxy groups -OCH3 is 1. The Morgan fingerprint density at radius 3 is 2.27 bits per heavy atom. The molecule has 1 N–H and O–H groups in total. The minimum absolute atomic E-state index is 0.0648. The van der Waals surface area contributed by atoms with E-state index >= 15 is 0 Å². The molecule has 0 aliphatic carbocycles. The van der Waals surface area contributed by atoms with E-state index in [1.807, 2.05) is 13.8 Å². The molecule has 1 amide bonds. The summed E-state index contributed by atoms with van der Waals surface area (Å²) in [7, 11) is -0.480. The molecular weight excluding hydrogens is 296 g/mol. The number of nitrogens with one attached hydrogen (secondary N) is 1. The smallest absolute Gasteiger partial charge is 0.222 e. The Morgan fingerprint density at radius 2 is 1.91 bits per heavy atom. The molecule has 0 bridgehead atoms. The fourth-order valence-electron chi connectivity index (χ4n) is 1.89. The van der Waals surface area contributed by atoms with Crippen molar-refractivity contribution in [3.05, 3.63) is 0 Å². The molecule has 22 heavy (non-hydrogen) atoms. The molecule has 0 aromatic rings. The van der Waals surface area contributed by atoms with Crippen LogP contribution in [0.4, 0.5) is 0 Å². The predicted octanol–water partition coefficient (Wildman–Crippen LogP) is 3.43. The van der Waals surface area contributed by atoms with Gasteiger partial charge in [0.1, 0.15) is 12.1 Å². The van der Waals surface area contributed by atoms with Gasteiger partial charge in [-0.05, 0) is 31.5 Å². The second-order valence-corrected chi connectivity index (χ2v) is 12.0. The third-order valence-corrected chi connectivity index (χ3v) is 8.88. The van der Waals surface area contributed by atoms with Gasteiger partial charge >= 0.3 is 0 Å². The molecule has 0 unspecified atom stereocenters. The normalized spacial score (nSPS) is 16.5. The van der Waals surface area contributed by atoms with E-state index in [0.29, 0.717) is 6.42 Å². The van der Waals surface area contributed by atoms with Crippen molar-refractivity contribution in [2.75, 3.05) is 7.11 Å². The number of carbonyl (C=O) groups excluding carboxylic acids is 1. The van der Waals surface area contributed by atoms with E-state index in [1.165, 1.54) is 7.11 Å². The highest BCUT2D eigenvalue weighted by molar-refractivity contribution is 6.74. The van der Waals surface area contributed by atoms with Crippen molar-refractivity contribution < 1.29 is 14.0 Å². The van der Waals surface area contributed by atoms with Crippen LogP contribution >= 0.6 is 0 Å². The summed E-state index contributed by atoms with van der Waals surface area (Å²) in [6.45, 7) is 14.6. The van der Waals surface area contributed by atoms with Gasteiger partial charge in [-0.3, -0.25) is 4.79 Å². The first-order chi connectivity index (χ1) is 10.00. The van der Waals surface area contributed by atoms with E-state index in [0.717, 1.165) is 6.42 Å². The minimum atomic E-state index is -1.98. The number of nitriles is 1. The molecular formula is C16H32N2O3Si. The van der Waals surface area contributed by atoms with Gasteiger partial charge in [-0.25, -0.2) is 0 Å². The number of ether oxygens (including phenoxy) is 1. The van der Waals surface area contributed by atoms with Gasteiger partial charge in [0.15, 0.2) is 8.32 Å². The number of hydrogen-bond donors (Lipinski definition) is 1. The molecule has 0 saturated carbocycles. The summed E-state index contributed by atoms with van der Waals surface area (Å²) in [5.41, 5.74) is 0. The SMILES string of the molecule is CCCC(=O)N[C@H](OC)[C@H](C#N)[C@@H](C)O[Si](C)(C)C(C)(C)C. The molecule has 0 rings (SSSR count). The van der Waals surface area contributed by atoms with Gasteiger partial charge in [0, 0.05) is 13.5 Å². The van der Waals surface area contributed by atoms with Crippen molar-refractivity contribution >= 4 is 14.2 Å². The minimum Gasteiger partial charge on any atom is -0.413 e. The van der Waals surface area contributed by atoms with E-state index in [-0.39, 0.29) is 17.0 Å². The van der Waals surface area contributed by atoms with Crippen LogP contribution in [0.25, 0.3) is 0 Å². The maximum atomic E-state index is 11.8. The van der Waals surface area contributed by atoms with E-state index < -0.39 is 20.5 Å². The molecule has 3 atom stereocenters. The highest BCUT2D eigenvalue weighted by Crippen LogP contribution is 2.38. The summed E-state index contributed by atoms with van der Waals surface area (Å²) in [4.78, 5) is 11.8. The zero-order valence-electron chi connectivity index (χ0n) is 15.3. The van der Waals surface area contributed by atoms with E-state index in [9.17, 15) is 10.1 Å². The van der Waals surface area contributed by atoms with Crippen LogP contribution in [0.3, 0.4) is 0 Å². The summed E-state index contributed by atoms with van der Waals surface area (Å²) in [5.74, 6) is -0.644. The highest BCUT2D eigenvalue weighted by atomic mass is 28.4. The molecule has 0 heterocycles. The Hall–Kier alpha value is -0.903. The lowest BCUT2D eigenvalue weighted by Crippen LogP contribution is -2.50. The van der Waals surface area contributed by atoms with Gasteiger partial charge in [-0.15, -0.1) is 0 Å². The van der Waals surface area contributed by atoms with E-state index in [2.05, 4.69) is 45.3 Å². The summed E-state index contributed by atoms with van der Waals surface area (Å²) < 4.78 is 11.6. The molecule has 6 heteroatoms. The van der Waals surface area contributed by atoms with E-state index in [4.69, 9.17) is 9.16 Å². The van der Waals surface area contributed by atoms with Crippen molar-refractivity contribution in [3.63, 3.8) is 0 Å². The second kappa shape index (κ2) is 8.66. The van der Waals surface area contributed by atoms with Crippen molar-refractivity contribution in [2.45, 2.75) is 77.9 Å². The second-order valence-electron chi connectivity index (χ2n) is 7.21. The van der Waals surface area contributed by atoms with Gasteiger partial charge in [-0.1, -0.05) is 27.7 Å². The topological polar surface area (TPSA) is 71.3 Å². The van der Waals surface area contributed by atoms with Crippen molar-refractivity contribution in [1.29, 1.82) is 5.26 Å². The quantitative estimate of drug-likeness (QED) is 0.547. The van der Waals surface area contributed by atoms with Crippen LogP contribution in [-0.4, -0.2) is 33.7 Å². The van der Waals surface area contributed by atoms with Crippen LogP contribution < -0.4 is 5.32 Å². The van der Waals surface area contributed by atoms with Gasteiger partial charge < -0.3 is 14.5 Å². The van der Waals surface area contributed by atoms with Gasteiger partial charge in [0.05, 0.1) is 12.2 Å². The molecule has 0 saturated heterocycles. The monoisotopic (exact) mass is 328 g/mol. The summed E-state index contributed by atoms with van der Waals surface area (Å²) in [6, 6.07) is 2.23. The summed E-state index contributed by atoms with van der Waals surface area (Å²) in [5, 5.41) is 12.3. The standard InChI is InChI=1S/C16H32N2O3Si/c1-9-10-14(19)18-15(20-6)13(11-17)12(2)21-22(7,8)16(3,4)5/h12-13,15H,9-10H2,1-8H3,(H,18,19)/t12-,13-,15-/m1/s1. The van der Waals surface area contributed by atoms with Crippen molar-refractivity contribution in [2.24, 2.45) is 5.92 Å². The molecule has 0 aromatic heterocycles. The zero-order chi connectivity index (χ0) is 17.6. The average Bonchev–Trinajstić information content (AvgIpc) is 2.36. The van der Waals surface area contributed by atoms with Crippen molar-refractivity contribution in [1.82, 2.24) is 5.32 Å². The lowest BCUT2D eigenvalue weighted by molar-refractivity contribution is -0.126. The van der Waals surface area contributed by atoms with Crippen LogP contribution in [0.15, 0.2) is 0 Å². The van der Waals surface area contributed by atoms with Crippen molar-refractivity contribution in [3.8, 4) is 6.07 Å². The molecule has 0 aromatic carbocycles. The predicted molar refractivity (Wildman–Crippen MR) is 90.7 cm³/mol. The van der Waals surface area contributed by atoms with Gasteiger partial charge in [0.2, 0.25) is 5.91 Å². The van der Waals surface area contributed by atoms with Crippen LogP contribution in [0.2, 0.25) is 18.1 Å². The Morgan fingerprint density at radius 1 is 1.36 bits per heavy atom. The first-order valence-electron chi connectivity index (χ1n) is 7.89. The third kappa shape index (κ3) is 6.07. The lowest BCUT2D eigenvalue weighted by Gasteiger charge is -2.40. The van der Waals surface area contributed by atoms with Crippen LogP contribution in [0, 0.1) is 17.2 Å². The fraction of sp³-hybridized carbons (Fsp3) is 0.875. The fourth-order valence-corrected chi connectivity index (χ4v) is 3.32. The molecule has 0 fully saturated rings. The molecule has 128 valence electrons. The first-order valence-corrected chi connectivity index (χ1v) is 10.8. The number of rotatable bonds is 8. The van der Waals surface area contributed by atoms with Crippen LogP contribution in [0.5, 0.6) is 0 Å².